The maximum Gasteiger partial charge on any atom is 0.271 e. The van der Waals surface area contributed by atoms with Gasteiger partial charge in [0.15, 0.2) is 0 Å². The molecule has 0 radical (unpaired) electrons. The molecule has 0 aliphatic rings. The molecule has 3 rings (SSSR count). The summed E-state index contributed by atoms with van der Waals surface area (Å²) in [6.07, 6.45) is 1.38. The van der Waals surface area contributed by atoms with Crippen LogP contribution in [0.15, 0.2) is 64.1 Å². The first-order valence-electron chi connectivity index (χ1n) is 7.20. The van der Waals surface area contributed by atoms with E-state index in [1.807, 2.05) is 0 Å². The zero-order chi connectivity index (χ0) is 17.8. The molecule has 0 spiro atoms. The molecule has 0 aliphatic carbocycles. The number of phenols is 1. The van der Waals surface area contributed by atoms with Gasteiger partial charge in [0, 0.05) is 11.1 Å². The molecule has 0 saturated heterocycles. The summed E-state index contributed by atoms with van der Waals surface area (Å²) in [6, 6.07) is 14.6. The van der Waals surface area contributed by atoms with Gasteiger partial charge in [-0.1, -0.05) is 29.3 Å². The van der Waals surface area contributed by atoms with Crippen molar-refractivity contribution in [3.8, 4) is 17.1 Å². The lowest BCUT2D eigenvalue weighted by Crippen LogP contribution is -2.17. The Balaban J connectivity index is 1.67. The van der Waals surface area contributed by atoms with Gasteiger partial charge in [-0.2, -0.15) is 5.10 Å². The van der Waals surface area contributed by atoms with Gasteiger partial charge in [0.1, 0.15) is 17.3 Å². The van der Waals surface area contributed by atoms with Crippen molar-refractivity contribution >= 4 is 35.3 Å². The van der Waals surface area contributed by atoms with Crippen molar-refractivity contribution in [3.63, 3.8) is 0 Å². The van der Waals surface area contributed by atoms with E-state index < -0.39 is 5.91 Å². The van der Waals surface area contributed by atoms with Crippen molar-refractivity contribution in [3.05, 3.63) is 76.0 Å². The van der Waals surface area contributed by atoms with Crippen LogP contribution < -0.4 is 5.43 Å². The molecule has 0 fully saturated rings. The molecule has 126 valence electrons. The molecule has 1 amide bonds. The Labute approximate surface area is 153 Å². The average Bonchev–Trinajstić information content (AvgIpc) is 3.06. The van der Waals surface area contributed by atoms with Gasteiger partial charge in [-0.05, 0) is 48.5 Å². The van der Waals surface area contributed by atoms with E-state index in [9.17, 15) is 9.90 Å². The minimum absolute atomic E-state index is 0.00827. The zero-order valence-corrected chi connectivity index (χ0v) is 14.3. The Hall–Kier alpha value is -2.76. The van der Waals surface area contributed by atoms with Crippen LogP contribution in [0.1, 0.15) is 16.1 Å². The van der Waals surface area contributed by atoms with Crippen LogP contribution in [0.5, 0.6) is 5.75 Å². The zero-order valence-electron chi connectivity index (χ0n) is 12.7. The van der Waals surface area contributed by atoms with E-state index in [4.69, 9.17) is 27.6 Å². The molecule has 1 heterocycles. The fourth-order valence-corrected chi connectivity index (χ4v) is 2.39. The number of aromatic hydroxyl groups is 1. The second-order valence-corrected chi connectivity index (χ2v) is 5.89. The number of carbonyl (C=O) groups excluding carboxylic acids is 1. The highest BCUT2D eigenvalue weighted by Crippen LogP contribution is 2.29. The summed E-state index contributed by atoms with van der Waals surface area (Å²) in [5.41, 5.74) is 3.44. The van der Waals surface area contributed by atoms with E-state index >= 15 is 0 Å². The Morgan fingerprint density at radius 2 is 1.92 bits per heavy atom. The van der Waals surface area contributed by atoms with Gasteiger partial charge in [0.2, 0.25) is 0 Å². The lowest BCUT2D eigenvalue weighted by atomic mass is 10.2. The molecule has 0 bridgehead atoms. The normalized spacial score (nSPS) is 11.0. The number of nitrogens with zero attached hydrogens (tertiary/aromatic N) is 1. The highest BCUT2D eigenvalue weighted by atomic mass is 35.5. The summed E-state index contributed by atoms with van der Waals surface area (Å²) in [7, 11) is 0. The van der Waals surface area contributed by atoms with Crippen molar-refractivity contribution < 1.29 is 14.3 Å². The molecule has 0 saturated carbocycles. The molecule has 25 heavy (non-hydrogen) atoms. The average molecular weight is 375 g/mol. The highest BCUT2D eigenvalue weighted by Gasteiger charge is 2.07. The molecule has 0 atom stereocenters. The molecule has 0 unspecified atom stereocenters. The highest BCUT2D eigenvalue weighted by molar-refractivity contribution is 6.42. The number of nitrogens with one attached hydrogen (secondary N) is 1. The van der Waals surface area contributed by atoms with Gasteiger partial charge in [0.05, 0.1) is 16.3 Å². The molecular weight excluding hydrogens is 363 g/mol. The second kappa shape index (κ2) is 7.42. The van der Waals surface area contributed by atoms with Gasteiger partial charge in [-0.3, -0.25) is 4.79 Å². The Morgan fingerprint density at radius 3 is 2.68 bits per heavy atom. The molecular formula is C18H12Cl2N2O3. The van der Waals surface area contributed by atoms with Crippen LogP contribution in [-0.2, 0) is 0 Å². The predicted octanol–water partition coefficient (Wildman–Crippen LogP) is 4.72. The second-order valence-electron chi connectivity index (χ2n) is 5.08. The Bertz CT molecular complexity index is 951. The summed E-state index contributed by atoms with van der Waals surface area (Å²) in [6.45, 7) is 0. The van der Waals surface area contributed by atoms with Gasteiger partial charge >= 0.3 is 0 Å². The number of amides is 1. The van der Waals surface area contributed by atoms with E-state index in [2.05, 4.69) is 10.5 Å². The number of hydrogen-bond acceptors (Lipinski definition) is 4. The smallest absolute Gasteiger partial charge is 0.271 e. The van der Waals surface area contributed by atoms with Crippen molar-refractivity contribution in [2.75, 3.05) is 0 Å². The van der Waals surface area contributed by atoms with E-state index in [1.54, 1.807) is 42.5 Å². The number of benzene rings is 2. The SMILES string of the molecule is O=C(NN=Cc1ccc(-c2ccc(Cl)c(Cl)c2)o1)c1cccc(O)c1. The van der Waals surface area contributed by atoms with Crippen LogP contribution in [-0.4, -0.2) is 17.2 Å². The number of furan rings is 1. The van der Waals surface area contributed by atoms with Crippen LogP contribution >= 0.6 is 23.2 Å². The summed E-state index contributed by atoms with van der Waals surface area (Å²) >= 11 is 11.9. The summed E-state index contributed by atoms with van der Waals surface area (Å²) in [5, 5.41) is 14.1. The standard InChI is InChI=1S/C18H12Cl2N2O3/c19-15-6-4-11(9-16(15)20)17-7-5-14(25-17)10-21-22-18(24)12-2-1-3-13(23)8-12/h1-10,23H,(H,22,24). The largest absolute Gasteiger partial charge is 0.508 e. The van der Waals surface area contributed by atoms with E-state index in [0.717, 1.165) is 5.56 Å². The fourth-order valence-electron chi connectivity index (χ4n) is 2.09. The molecule has 5 nitrogen and oxygen atoms in total. The number of hydrazone groups is 1. The lowest BCUT2D eigenvalue weighted by molar-refractivity contribution is 0.0954. The van der Waals surface area contributed by atoms with E-state index in [1.165, 1.54) is 18.3 Å². The van der Waals surface area contributed by atoms with Gasteiger partial charge in [0.25, 0.3) is 5.91 Å². The van der Waals surface area contributed by atoms with Gasteiger partial charge in [-0.25, -0.2) is 5.43 Å². The first-order chi connectivity index (χ1) is 12.0. The van der Waals surface area contributed by atoms with Crippen LogP contribution in [0.3, 0.4) is 0 Å². The molecule has 2 aromatic carbocycles. The number of hydrogen-bond donors (Lipinski definition) is 2. The molecule has 7 heteroatoms. The summed E-state index contributed by atoms with van der Waals surface area (Å²) < 4.78 is 5.63. The maximum atomic E-state index is 11.9. The van der Waals surface area contributed by atoms with Crippen LogP contribution in [0, 0.1) is 0 Å². The first kappa shape index (κ1) is 17.1. The third kappa shape index (κ3) is 4.21. The maximum absolute atomic E-state index is 11.9. The number of phenolic OH excluding ortho intramolecular Hbond substituents is 1. The molecule has 2 N–H and O–H groups in total. The van der Waals surface area contributed by atoms with Crippen molar-refractivity contribution in [1.29, 1.82) is 0 Å². The Kier molecular flexibility index (Phi) is 5.07. The van der Waals surface area contributed by atoms with Crippen LogP contribution in [0.4, 0.5) is 0 Å². The molecule has 3 aromatic rings. The van der Waals surface area contributed by atoms with Crippen LogP contribution in [0.25, 0.3) is 11.3 Å². The van der Waals surface area contributed by atoms with Crippen LogP contribution in [0.2, 0.25) is 10.0 Å². The molecule has 1 aromatic heterocycles. The predicted molar refractivity (Wildman–Crippen MR) is 97.3 cm³/mol. The monoisotopic (exact) mass is 374 g/mol. The van der Waals surface area contributed by atoms with Gasteiger partial charge in [-0.15, -0.1) is 0 Å². The molecule has 0 aliphatic heterocycles. The van der Waals surface area contributed by atoms with E-state index in [0.29, 0.717) is 27.1 Å². The minimum Gasteiger partial charge on any atom is -0.508 e. The van der Waals surface area contributed by atoms with Gasteiger partial charge < -0.3 is 9.52 Å². The Morgan fingerprint density at radius 1 is 1.08 bits per heavy atom. The third-order valence-corrected chi connectivity index (χ3v) is 4.04. The first-order valence-corrected chi connectivity index (χ1v) is 7.96. The van der Waals surface area contributed by atoms with Crippen molar-refractivity contribution in [2.45, 2.75) is 0 Å². The fraction of sp³-hybridized carbons (Fsp3) is 0. The van der Waals surface area contributed by atoms with Crippen molar-refractivity contribution in [2.24, 2.45) is 5.10 Å². The number of halogens is 2. The minimum atomic E-state index is -0.441. The number of rotatable bonds is 4. The third-order valence-electron chi connectivity index (χ3n) is 3.30. The summed E-state index contributed by atoms with van der Waals surface area (Å²) in [4.78, 5) is 11.9. The van der Waals surface area contributed by atoms with E-state index in [-0.39, 0.29) is 5.75 Å². The quantitative estimate of drug-likeness (QED) is 0.512. The summed E-state index contributed by atoms with van der Waals surface area (Å²) in [5.74, 6) is 0.619. The lowest BCUT2D eigenvalue weighted by Gasteiger charge is -2.00. The number of carbonyl (C=O) groups is 1. The topological polar surface area (TPSA) is 74.8 Å². The van der Waals surface area contributed by atoms with Crippen molar-refractivity contribution in [1.82, 2.24) is 5.43 Å².